The van der Waals surface area contributed by atoms with Crippen molar-refractivity contribution in [1.29, 1.82) is 0 Å². The molecule has 1 amide bonds. The van der Waals surface area contributed by atoms with Gasteiger partial charge in [-0.1, -0.05) is 6.07 Å². The van der Waals surface area contributed by atoms with Crippen molar-refractivity contribution in [1.82, 2.24) is 0 Å². The van der Waals surface area contributed by atoms with Crippen molar-refractivity contribution in [3.8, 4) is 5.75 Å². The third-order valence-electron chi connectivity index (χ3n) is 3.50. The Morgan fingerprint density at radius 2 is 1.81 bits per heavy atom. The van der Waals surface area contributed by atoms with Gasteiger partial charge >= 0.3 is 12.1 Å². The molecule has 0 aliphatic heterocycles. The molecule has 27 heavy (non-hydrogen) atoms. The molecule has 0 aromatic heterocycles. The molecule has 1 N–H and O–H groups in total. The lowest BCUT2D eigenvalue weighted by Gasteiger charge is -2.15. The molecule has 1 atom stereocenters. The van der Waals surface area contributed by atoms with Gasteiger partial charge in [-0.05, 0) is 43.3 Å². The van der Waals surface area contributed by atoms with Gasteiger partial charge in [-0.2, -0.15) is 13.2 Å². The average Bonchev–Trinajstić information content (AvgIpc) is 2.61. The number of ether oxygens (including phenoxy) is 2. The minimum absolute atomic E-state index is 0.0677. The number of nitrogens with one attached hydrogen (secondary N) is 1. The van der Waals surface area contributed by atoms with E-state index in [-0.39, 0.29) is 17.0 Å². The van der Waals surface area contributed by atoms with Crippen LogP contribution in [0.4, 0.5) is 23.2 Å². The molecule has 0 heterocycles. The molecule has 0 spiro atoms. The summed E-state index contributed by atoms with van der Waals surface area (Å²) in [5, 5.41) is 2.23. The van der Waals surface area contributed by atoms with E-state index in [2.05, 4.69) is 5.32 Å². The molecule has 5 nitrogen and oxygen atoms in total. The normalized spacial score (nSPS) is 12.2. The highest BCUT2D eigenvalue weighted by molar-refractivity contribution is 5.97. The monoisotopic (exact) mass is 385 g/mol. The van der Waals surface area contributed by atoms with E-state index in [0.29, 0.717) is 0 Å². The number of esters is 1. The molecule has 0 saturated carbocycles. The zero-order chi connectivity index (χ0) is 20.2. The first-order valence-electron chi connectivity index (χ1n) is 7.64. The summed E-state index contributed by atoms with van der Waals surface area (Å²) in [6, 6.07) is 7.37. The molecule has 2 aromatic rings. The predicted molar refractivity (Wildman–Crippen MR) is 87.9 cm³/mol. The lowest BCUT2D eigenvalue weighted by Crippen LogP contribution is -2.30. The van der Waals surface area contributed by atoms with Gasteiger partial charge in [-0.15, -0.1) is 0 Å². The van der Waals surface area contributed by atoms with Crippen LogP contribution in [0, 0.1) is 5.82 Å². The Morgan fingerprint density at radius 3 is 2.41 bits per heavy atom. The van der Waals surface area contributed by atoms with Gasteiger partial charge in [0.15, 0.2) is 17.7 Å². The second-order valence-corrected chi connectivity index (χ2v) is 5.46. The first-order valence-corrected chi connectivity index (χ1v) is 7.64. The zero-order valence-corrected chi connectivity index (χ0v) is 14.3. The Balaban J connectivity index is 2.03. The van der Waals surface area contributed by atoms with Crippen LogP contribution in [0.2, 0.25) is 0 Å². The van der Waals surface area contributed by atoms with Crippen LogP contribution in [0.5, 0.6) is 5.75 Å². The van der Waals surface area contributed by atoms with Crippen LogP contribution in [-0.4, -0.2) is 25.1 Å². The summed E-state index contributed by atoms with van der Waals surface area (Å²) in [5.41, 5.74) is -1.18. The number of carbonyl (C=O) groups is 2. The Hall–Kier alpha value is -3.10. The SMILES string of the molecule is COc1ccc(C(=O)O[C@@H](C)C(=O)Nc2cccc(C(F)(F)F)c2)cc1F. The van der Waals surface area contributed by atoms with E-state index in [4.69, 9.17) is 9.47 Å². The summed E-state index contributed by atoms with van der Waals surface area (Å²) in [4.78, 5) is 24.0. The van der Waals surface area contributed by atoms with Crippen molar-refractivity contribution in [2.75, 3.05) is 12.4 Å². The van der Waals surface area contributed by atoms with Crippen LogP contribution < -0.4 is 10.1 Å². The second kappa shape index (κ2) is 8.07. The van der Waals surface area contributed by atoms with Crippen LogP contribution in [0.1, 0.15) is 22.8 Å². The number of benzene rings is 2. The fourth-order valence-corrected chi connectivity index (χ4v) is 2.09. The summed E-state index contributed by atoms with van der Waals surface area (Å²) in [6.07, 6.45) is -5.88. The smallest absolute Gasteiger partial charge is 0.416 e. The van der Waals surface area contributed by atoms with Gasteiger partial charge in [-0.3, -0.25) is 4.79 Å². The summed E-state index contributed by atoms with van der Waals surface area (Å²) < 4.78 is 61.3. The van der Waals surface area contributed by atoms with Crippen molar-refractivity contribution in [2.45, 2.75) is 19.2 Å². The zero-order valence-electron chi connectivity index (χ0n) is 14.3. The van der Waals surface area contributed by atoms with Crippen LogP contribution in [0.25, 0.3) is 0 Å². The summed E-state index contributed by atoms with van der Waals surface area (Å²) in [7, 11) is 1.26. The van der Waals surface area contributed by atoms with Crippen LogP contribution >= 0.6 is 0 Å². The Labute approximate surface area is 151 Å². The van der Waals surface area contributed by atoms with Crippen LogP contribution in [0.3, 0.4) is 0 Å². The van der Waals surface area contributed by atoms with Gasteiger partial charge in [0.05, 0.1) is 18.2 Å². The van der Waals surface area contributed by atoms with Crippen molar-refractivity contribution in [3.63, 3.8) is 0 Å². The van der Waals surface area contributed by atoms with E-state index < -0.39 is 35.5 Å². The molecule has 0 aliphatic rings. The van der Waals surface area contributed by atoms with Gasteiger partial charge in [0.25, 0.3) is 5.91 Å². The number of amides is 1. The van der Waals surface area contributed by atoms with Crippen LogP contribution in [0.15, 0.2) is 42.5 Å². The van der Waals surface area contributed by atoms with Crippen molar-refractivity contribution < 1.29 is 36.6 Å². The summed E-state index contributed by atoms with van der Waals surface area (Å²) in [6.45, 7) is 1.24. The Bertz CT molecular complexity index is 851. The average molecular weight is 385 g/mol. The standard InChI is InChI=1S/C18H15F4NO4/c1-10(27-17(25)11-6-7-15(26-2)14(19)8-11)16(24)23-13-5-3-4-12(9-13)18(20,21)22/h3-10H,1-2H3,(H,23,24)/t10-/m0/s1. The van der Waals surface area contributed by atoms with E-state index >= 15 is 0 Å². The number of carbonyl (C=O) groups excluding carboxylic acids is 2. The maximum atomic E-state index is 13.6. The molecule has 2 aromatic carbocycles. The lowest BCUT2D eigenvalue weighted by atomic mass is 10.2. The number of rotatable bonds is 5. The third-order valence-corrected chi connectivity index (χ3v) is 3.50. The molecular formula is C18H15F4NO4. The molecule has 0 saturated heterocycles. The molecule has 144 valence electrons. The fraction of sp³-hybridized carbons (Fsp3) is 0.222. The minimum atomic E-state index is -4.56. The predicted octanol–water partition coefficient (Wildman–Crippen LogP) is 4.04. The fourth-order valence-electron chi connectivity index (χ4n) is 2.09. The molecule has 0 fully saturated rings. The highest BCUT2D eigenvalue weighted by atomic mass is 19.4. The summed E-state index contributed by atoms with van der Waals surface area (Å²) >= 11 is 0. The van der Waals surface area contributed by atoms with Gasteiger partial charge in [-0.25, -0.2) is 9.18 Å². The first kappa shape index (κ1) is 20.2. The Kier molecular flexibility index (Phi) is 6.04. The molecule has 9 heteroatoms. The highest BCUT2D eigenvalue weighted by Gasteiger charge is 2.30. The van der Waals surface area contributed by atoms with Crippen molar-refractivity contribution >= 4 is 17.6 Å². The summed E-state index contributed by atoms with van der Waals surface area (Å²) in [5.74, 6) is -2.66. The number of alkyl halides is 3. The highest BCUT2D eigenvalue weighted by Crippen LogP contribution is 2.30. The van der Waals surface area contributed by atoms with Crippen LogP contribution in [-0.2, 0) is 15.7 Å². The minimum Gasteiger partial charge on any atom is -0.494 e. The van der Waals surface area contributed by atoms with E-state index in [1.54, 1.807) is 0 Å². The second-order valence-electron chi connectivity index (χ2n) is 5.46. The number of methoxy groups -OCH3 is 1. The van der Waals surface area contributed by atoms with Crippen molar-refractivity contribution in [2.24, 2.45) is 0 Å². The number of hydrogen-bond acceptors (Lipinski definition) is 4. The molecular weight excluding hydrogens is 370 g/mol. The van der Waals surface area contributed by atoms with Gasteiger partial charge in [0.2, 0.25) is 0 Å². The van der Waals surface area contributed by atoms with Gasteiger partial charge < -0.3 is 14.8 Å². The Morgan fingerprint density at radius 1 is 1.11 bits per heavy atom. The molecule has 2 rings (SSSR count). The third kappa shape index (κ3) is 5.19. The number of halogens is 4. The number of anilines is 1. The largest absolute Gasteiger partial charge is 0.494 e. The van der Waals surface area contributed by atoms with E-state index in [0.717, 1.165) is 24.3 Å². The maximum Gasteiger partial charge on any atom is 0.416 e. The topological polar surface area (TPSA) is 64.6 Å². The molecule has 0 radical (unpaired) electrons. The van der Waals surface area contributed by atoms with Gasteiger partial charge in [0.1, 0.15) is 0 Å². The molecule has 0 bridgehead atoms. The maximum absolute atomic E-state index is 13.6. The lowest BCUT2D eigenvalue weighted by molar-refractivity contribution is -0.137. The first-order chi connectivity index (χ1) is 12.6. The van der Waals surface area contributed by atoms with E-state index in [1.807, 2.05) is 0 Å². The quantitative estimate of drug-likeness (QED) is 0.623. The molecule has 0 aliphatic carbocycles. The van der Waals surface area contributed by atoms with E-state index in [1.165, 1.54) is 32.2 Å². The molecule has 0 unspecified atom stereocenters. The van der Waals surface area contributed by atoms with Gasteiger partial charge in [0, 0.05) is 5.69 Å². The van der Waals surface area contributed by atoms with Crippen molar-refractivity contribution in [3.05, 3.63) is 59.4 Å². The van der Waals surface area contributed by atoms with E-state index in [9.17, 15) is 27.2 Å². The number of hydrogen-bond donors (Lipinski definition) is 1.